The van der Waals surface area contributed by atoms with Crippen LogP contribution in [0.4, 0.5) is 0 Å². The number of likely N-dealkylation sites (tertiary alicyclic amines) is 1. The summed E-state index contributed by atoms with van der Waals surface area (Å²) in [5.41, 5.74) is 5.68. The van der Waals surface area contributed by atoms with E-state index in [1.54, 1.807) is 0 Å². The highest BCUT2D eigenvalue weighted by atomic mass is 16.1. The van der Waals surface area contributed by atoms with Crippen molar-refractivity contribution in [3.8, 4) is 0 Å². The zero-order chi connectivity index (χ0) is 16.4. The van der Waals surface area contributed by atoms with Crippen molar-refractivity contribution in [2.24, 2.45) is 11.7 Å². The van der Waals surface area contributed by atoms with Crippen LogP contribution in [0.5, 0.6) is 0 Å². The molecule has 3 heteroatoms. The molecule has 0 saturated carbocycles. The Bertz CT molecular complexity index is 306. The first-order valence-corrected chi connectivity index (χ1v) is 9.70. The van der Waals surface area contributed by atoms with Crippen molar-refractivity contribution in [2.75, 3.05) is 6.54 Å². The van der Waals surface area contributed by atoms with E-state index in [9.17, 15) is 4.79 Å². The normalized spacial score (nSPS) is 24.3. The maximum Gasteiger partial charge on any atom is 0.234 e. The van der Waals surface area contributed by atoms with E-state index in [1.165, 1.54) is 64.2 Å². The summed E-state index contributed by atoms with van der Waals surface area (Å²) in [6.07, 6.45) is 13.8. The van der Waals surface area contributed by atoms with Gasteiger partial charge < -0.3 is 5.73 Å². The molecular weight excluding hydrogens is 272 g/mol. The topological polar surface area (TPSA) is 46.3 Å². The average molecular weight is 311 g/mol. The Morgan fingerprint density at radius 2 is 1.73 bits per heavy atom. The fraction of sp³-hybridized carbons (Fsp3) is 0.947. The van der Waals surface area contributed by atoms with Gasteiger partial charge in [0.05, 0.1) is 6.04 Å². The van der Waals surface area contributed by atoms with Gasteiger partial charge >= 0.3 is 0 Å². The summed E-state index contributed by atoms with van der Waals surface area (Å²) in [6.45, 7) is 7.68. The van der Waals surface area contributed by atoms with Crippen molar-refractivity contribution in [1.29, 1.82) is 0 Å². The molecule has 0 aliphatic carbocycles. The number of primary amides is 1. The van der Waals surface area contributed by atoms with Crippen LogP contribution >= 0.6 is 0 Å². The predicted molar refractivity (Wildman–Crippen MR) is 94.8 cm³/mol. The number of piperidine rings is 1. The summed E-state index contributed by atoms with van der Waals surface area (Å²) in [6, 6.07) is 0.523. The maximum absolute atomic E-state index is 11.9. The molecule has 0 aromatic rings. The first kappa shape index (κ1) is 19.5. The van der Waals surface area contributed by atoms with Gasteiger partial charge in [-0.2, -0.15) is 0 Å². The first-order valence-electron chi connectivity index (χ1n) is 9.70. The minimum atomic E-state index is -0.128. The lowest BCUT2D eigenvalue weighted by molar-refractivity contribution is -0.126. The standard InChI is InChI=1S/C19H38N2O/c1-4-7-9-12-16-13-11-15-21(17(6-3)19(20)22)18(16)14-10-8-5-2/h16-18H,4-15H2,1-3H3,(H2,20,22). The summed E-state index contributed by atoms with van der Waals surface area (Å²) in [5, 5.41) is 0. The van der Waals surface area contributed by atoms with Gasteiger partial charge in [0.1, 0.15) is 0 Å². The minimum absolute atomic E-state index is 0.0550. The van der Waals surface area contributed by atoms with Crippen LogP contribution in [-0.2, 0) is 4.79 Å². The Morgan fingerprint density at radius 1 is 1.09 bits per heavy atom. The summed E-state index contributed by atoms with van der Waals surface area (Å²) in [7, 11) is 0. The third-order valence-electron chi connectivity index (χ3n) is 5.36. The van der Waals surface area contributed by atoms with Crippen LogP contribution in [0.1, 0.15) is 91.4 Å². The maximum atomic E-state index is 11.9. The second-order valence-electron chi connectivity index (χ2n) is 7.03. The number of nitrogens with two attached hydrogens (primary N) is 1. The highest BCUT2D eigenvalue weighted by Crippen LogP contribution is 2.33. The zero-order valence-corrected chi connectivity index (χ0v) is 15.2. The molecule has 0 bridgehead atoms. The summed E-state index contributed by atoms with van der Waals surface area (Å²) in [5.74, 6) is 0.641. The van der Waals surface area contributed by atoms with E-state index in [0.29, 0.717) is 6.04 Å². The molecule has 1 rings (SSSR count). The molecule has 3 atom stereocenters. The highest BCUT2D eigenvalue weighted by molar-refractivity contribution is 5.79. The summed E-state index contributed by atoms with van der Waals surface area (Å²) >= 11 is 0. The number of hydrogen-bond donors (Lipinski definition) is 1. The van der Waals surface area contributed by atoms with Gasteiger partial charge in [0.25, 0.3) is 0 Å². The van der Waals surface area contributed by atoms with Crippen molar-refractivity contribution in [3.05, 3.63) is 0 Å². The predicted octanol–water partition coefficient (Wildman–Crippen LogP) is 4.49. The van der Waals surface area contributed by atoms with E-state index >= 15 is 0 Å². The molecule has 22 heavy (non-hydrogen) atoms. The van der Waals surface area contributed by atoms with E-state index in [1.807, 2.05) is 0 Å². The van der Waals surface area contributed by atoms with E-state index in [2.05, 4.69) is 25.7 Å². The van der Waals surface area contributed by atoms with Gasteiger partial charge in [-0.25, -0.2) is 0 Å². The van der Waals surface area contributed by atoms with Crippen LogP contribution in [-0.4, -0.2) is 29.4 Å². The van der Waals surface area contributed by atoms with Gasteiger partial charge in [-0.3, -0.25) is 9.69 Å². The Balaban J connectivity index is 2.74. The molecule has 1 fully saturated rings. The molecule has 3 nitrogen and oxygen atoms in total. The fourth-order valence-electron chi connectivity index (χ4n) is 4.15. The number of unbranched alkanes of at least 4 members (excludes halogenated alkanes) is 4. The molecule has 3 unspecified atom stereocenters. The Labute approximate surface area is 138 Å². The average Bonchev–Trinajstić information content (AvgIpc) is 2.50. The molecule has 2 N–H and O–H groups in total. The molecule has 1 aliphatic heterocycles. The van der Waals surface area contributed by atoms with Gasteiger partial charge in [-0.1, -0.05) is 59.3 Å². The Kier molecular flexibility index (Phi) is 9.77. The zero-order valence-electron chi connectivity index (χ0n) is 15.2. The molecule has 0 aromatic carbocycles. The molecule has 1 aliphatic rings. The summed E-state index contributed by atoms with van der Waals surface area (Å²) in [4.78, 5) is 14.3. The van der Waals surface area contributed by atoms with E-state index in [0.717, 1.165) is 18.9 Å². The quantitative estimate of drug-likeness (QED) is 0.571. The summed E-state index contributed by atoms with van der Waals surface area (Å²) < 4.78 is 0. The van der Waals surface area contributed by atoms with Gasteiger partial charge in [0.15, 0.2) is 0 Å². The lowest BCUT2D eigenvalue weighted by atomic mass is 9.81. The molecule has 0 radical (unpaired) electrons. The van der Waals surface area contributed by atoms with Crippen molar-refractivity contribution in [2.45, 2.75) is 103 Å². The number of nitrogens with zero attached hydrogens (tertiary/aromatic N) is 1. The first-order chi connectivity index (χ1) is 10.7. The number of amides is 1. The fourth-order valence-corrected chi connectivity index (χ4v) is 4.15. The molecule has 1 heterocycles. The molecule has 130 valence electrons. The third-order valence-corrected chi connectivity index (χ3v) is 5.36. The van der Waals surface area contributed by atoms with Crippen molar-refractivity contribution < 1.29 is 4.79 Å². The number of carbonyl (C=O) groups is 1. The largest absolute Gasteiger partial charge is 0.368 e. The second-order valence-corrected chi connectivity index (χ2v) is 7.03. The molecular formula is C19H38N2O. The van der Waals surface area contributed by atoms with E-state index in [4.69, 9.17) is 5.73 Å². The molecule has 1 amide bonds. The lowest BCUT2D eigenvalue weighted by Crippen LogP contribution is -2.54. The molecule has 0 aromatic heterocycles. The van der Waals surface area contributed by atoms with Crippen LogP contribution < -0.4 is 5.73 Å². The highest BCUT2D eigenvalue weighted by Gasteiger charge is 2.35. The Morgan fingerprint density at radius 3 is 2.27 bits per heavy atom. The van der Waals surface area contributed by atoms with Crippen molar-refractivity contribution in [3.63, 3.8) is 0 Å². The van der Waals surface area contributed by atoms with Crippen LogP contribution in [0.3, 0.4) is 0 Å². The lowest BCUT2D eigenvalue weighted by Gasteiger charge is -2.45. The van der Waals surface area contributed by atoms with Crippen LogP contribution in [0.15, 0.2) is 0 Å². The van der Waals surface area contributed by atoms with Crippen LogP contribution in [0, 0.1) is 5.92 Å². The van der Waals surface area contributed by atoms with Crippen molar-refractivity contribution >= 4 is 5.91 Å². The van der Waals surface area contributed by atoms with Gasteiger partial charge in [0.2, 0.25) is 5.91 Å². The van der Waals surface area contributed by atoms with Gasteiger partial charge in [-0.15, -0.1) is 0 Å². The Hall–Kier alpha value is -0.570. The second kappa shape index (κ2) is 11.0. The van der Waals surface area contributed by atoms with Crippen LogP contribution in [0.2, 0.25) is 0 Å². The molecule has 0 spiro atoms. The smallest absolute Gasteiger partial charge is 0.234 e. The number of carbonyl (C=O) groups excluding carboxylic acids is 1. The molecule has 1 saturated heterocycles. The van der Waals surface area contributed by atoms with Gasteiger partial charge in [-0.05, 0) is 44.6 Å². The van der Waals surface area contributed by atoms with Gasteiger partial charge in [0, 0.05) is 6.04 Å². The third kappa shape index (κ3) is 5.91. The van der Waals surface area contributed by atoms with E-state index in [-0.39, 0.29) is 11.9 Å². The van der Waals surface area contributed by atoms with Crippen LogP contribution in [0.25, 0.3) is 0 Å². The van der Waals surface area contributed by atoms with E-state index < -0.39 is 0 Å². The number of hydrogen-bond acceptors (Lipinski definition) is 2. The SMILES string of the molecule is CCCCCC1CCCN(C(CC)C(N)=O)C1CCCCC. The number of rotatable bonds is 11. The minimum Gasteiger partial charge on any atom is -0.368 e. The monoisotopic (exact) mass is 310 g/mol. The van der Waals surface area contributed by atoms with Crippen molar-refractivity contribution in [1.82, 2.24) is 4.90 Å².